The monoisotopic (exact) mass is 442 g/mol. The number of benzene rings is 3. The zero-order chi connectivity index (χ0) is 22.7. The lowest BCUT2D eigenvalue weighted by molar-refractivity contribution is -0.384. The molecule has 0 aliphatic heterocycles. The second kappa shape index (κ2) is 9.11. The Bertz CT molecular complexity index is 1300. The molecule has 0 spiro atoms. The van der Waals surface area contributed by atoms with Gasteiger partial charge in [0.1, 0.15) is 0 Å². The van der Waals surface area contributed by atoms with Crippen LogP contribution in [0.5, 0.6) is 0 Å². The highest BCUT2D eigenvalue weighted by Gasteiger charge is 2.15. The molecule has 0 unspecified atom stereocenters. The van der Waals surface area contributed by atoms with Crippen LogP contribution < -0.4 is 5.43 Å². The highest BCUT2D eigenvalue weighted by atomic mass is 32.1. The molecule has 4 aromatic rings. The summed E-state index contributed by atoms with van der Waals surface area (Å²) >= 11 is 1.54. The Morgan fingerprint density at radius 3 is 2.34 bits per heavy atom. The molecule has 7 heteroatoms. The first-order valence-corrected chi connectivity index (χ1v) is 10.9. The van der Waals surface area contributed by atoms with Gasteiger partial charge in [-0.25, -0.2) is 4.98 Å². The molecule has 32 heavy (non-hydrogen) atoms. The van der Waals surface area contributed by atoms with Crippen molar-refractivity contribution in [3.8, 4) is 21.7 Å². The van der Waals surface area contributed by atoms with Crippen molar-refractivity contribution >= 4 is 27.9 Å². The Balaban J connectivity index is 1.67. The van der Waals surface area contributed by atoms with Gasteiger partial charge in [0.2, 0.25) is 5.13 Å². The summed E-state index contributed by atoms with van der Waals surface area (Å²) in [5.41, 5.74) is 10.2. The molecule has 6 nitrogen and oxygen atoms in total. The number of hydrogen-bond acceptors (Lipinski definition) is 6. The van der Waals surface area contributed by atoms with E-state index < -0.39 is 4.92 Å². The average Bonchev–Trinajstić information content (AvgIpc) is 3.24. The van der Waals surface area contributed by atoms with Gasteiger partial charge in [-0.2, -0.15) is 5.10 Å². The van der Waals surface area contributed by atoms with Gasteiger partial charge >= 0.3 is 0 Å². The molecule has 1 N–H and O–H groups in total. The van der Waals surface area contributed by atoms with E-state index in [0.29, 0.717) is 10.8 Å². The van der Waals surface area contributed by atoms with Crippen LogP contribution in [0.4, 0.5) is 10.8 Å². The molecule has 0 bridgehead atoms. The Hall–Kier alpha value is -3.84. The minimum Gasteiger partial charge on any atom is -0.258 e. The van der Waals surface area contributed by atoms with E-state index in [1.54, 1.807) is 23.5 Å². The Morgan fingerprint density at radius 1 is 0.969 bits per heavy atom. The number of non-ortho nitro benzene ring substituents is 1. The van der Waals surface area contributed by atoms with E-state index in [-0.39, 0.29) is 5.69 Å². The van der Waals surface area contributed by atoms with Crippen molar-refractivity contribution in [1.82, 2.24) is 4.98 Å². The number of aromatic nitrogens is 1. The summed E-state index contributed by atoms with van der Waals surface area (Å²) in [6.07, 6.45) is 0. The average molecular weight is 443 g/mol. The van der Waals surface area contributed by atoms with Crippen molar-refractivity contribution in [3.05, 3.63) is 99.6 Å². The summed E-state index contributed by atoms with van der Waals surface area (Å²) in [7, 11) is 0. The van der Waals surface area contributed by atoms with Gasteiger partial charge in [0, 0.05) is 17.7 Å². The molecule has 4 rings (SSSR count). The molecule has 1 heterocycles. The third kappa shape index (κ3) is 4.58. The summed E-state index contributed by atoms with van der Waals surface area (Å²) in [6.45, 7) is 6.05. The number of aryl methyl sites for hydroxylation is 2. The van der Waals surface area contributed by atoms with Crippen molar-refractivity contribution in [2.45, 2.75) is 20.8 Å². The summed E-state index contributed by atoms with van der Waals surface area (Å²) in [5.74, 6) is 0. The lowest BCUT2D eigenvalue weighted by Gasteiger charge is -2.05. The van der Waals surface area contributed by atoms with Gasteiger partial charge < -0.3 is 0 Å². The van der Waals surface area contributed by atoms with Gasteiger partial charge in [-0.15, -0.1) is 0 Å². The van der Waals surface area contributed by atoms with E-state index in [1.165, 1.54) is 23.3 Å². The zero-order valence-corrected chi connectivity index (χ0v) is 18.8. The highest BCUT2D eigenvalue weighted by Crippen LogP contribution is 2.39. The minimum atomic E-state index is -0.413. The first-order chi connectivity index (χ1) is 15.4. The molecular formula is C25H22N4O2S. The maximum atomic E-state index is 10.9. The Morgan fingerprint density at radius 2 is 1.69 bits per heavy atom. The minimum absolute atomic E-state index is 0.0555. The predicted molar refractivity (Wildman–Crippen MR) is 131 cm³/mol. The van der Waals surface area contributed by atoms with Crippen molar-refractivity contribution in [2.24, 2.45) is 5.10 Å². The molecule has 0 saturated carbocycles. The van der Waals surface area contributed by atoms with Crippen LogP contribution in [0.3, 0.4) is 0 Å². The molecule has 3 aromatic carbocycles. The molecule has 160 valence electrons. The fraction of sp³-hybridized carbons (Fsp3) is 0.120. The van der Waals surface area contributed by atoms with Crippen LogP contribution in [0, 0.1) is 24.0 Å². The number of hydrogen-bond donors (Lipinski definition) is 1. The Labute approximate surface area is 190 Å². The quantitative estimate of drug-likeness (QED) is 0.201. The summed E-state index contributed by atoms with van der Waals surface area (Å²) in [4.78, 5) is 16.4. The second-order valence-electron chi connectivity index (χ2n) is 7.47. The molecule has 0 fully saturated rings. The van der Waals surface area contributed by atoms with Crippen molar-refractivity contribution in [3.63, 3.8) is 0 Å². The zero-order valence-electron chi connectivity index (χ0n) is 18.0. The van der Waals surface area contributed by atoms with E-state index in [1.807, 2.05) is 25.1 Å². The molecule has 0 saturated heterocycles. The van der Waals surface area contributed by atoms with Crippen LogP contribution >= 0.6 is 11.3 Å². The van der Waals surface area contributed by atoms with E-state index in [2.05, 4.69) is 54.7 Å². The maximum Gasteiger partial charge on any atom is 0.269 e. The standard InChI is InChI=1S/C25H22N4O2S/c1-16-9-10-21(15-17(16)2)23-24(20-7-5-4-6-8-20)32-25(26-23)28-27-18(3)19-11-13-22(14-12-19)29(30)31/h4-15H,1-3H3,(H,26,28)/b27-18-. The van der Waals surface area contributed by atoms with Gasteiger partial charge in [-0.1, -0.05) is 53.8 Å². The smallest absolute Gasteiger partial charge is 0.258 e. The lowest BCUT2D eigenvalue weighted by atomic mass is 10.0. The number of thiazole rings is 1. The lowest BCUT2D eigenvalue weighted by Crippen LogP contribution is -2.00. The number of nitro groups is 1. The molecule has 0 aliphatic rings. The maximum absolute atomic E-state index is 10.9. The van der Waals surface area contributed by atoms with Crippen LogP contribution in [0.1, 0.15) is 23.6 Å². The molecule has 0 radical (unpaired) electrons. The molecular weight excluding hydrogens is 420 g/mol. The fourth-order valence-electron chi connectivity index (χ4n) is 3.26. The molecule has 0 atom stereocenters. The van der Waals surface area contributed by atoms with Crippen LogP contribution in [-0.4, -0.2) is 15.6 Å². The van der Waals surface area contributed by atoms with Crippen molar-refractivity contribution < 1.29 is 4.92 Å². The van der Waals surface area contributed by atoms with Crippen LogP contribution in [-0.2, 0) is 0 Å². The predicted octanol–water partition coefficient (Wildman–Crippen LogP) is 6.84. The van der Waals surface area contributed by atoms with Crippen LogP contribution in [0.2, 0.25) is 0 Å². The number of nitrogens with zero attached hydrogens (tertiary/aromatic N) is 3. The number of nitrogens with one attached hydrogen (secondary N) is 1. The fourth-order valence-corrected chi connectivity index (χ4v) is 4.19. The van der Waals surface area contributed by atoms with E-state index in [9.17, 15) is 10.1 Å². The largest absolute Gasteiger partial charge is 0.269 e. The molecule has 1 aromatic heterocycles. The van der Waals surface area contributed by atoms with Gasteiger partial charge in [-0.05, 0) is 61.2 Å². The van der Waals surface area contributed by atoms with Crippen LogP contribution in [0.15, 0.2) is 77.9 Å². The van der Waals surface area contributed by atoms with E-state index in [0.717, 1.165) is 27.3 Å². The van der Waals surface area contributed by atoms with Crippen molar-refractivity contribution in [2.75, 3.05) is 5.43 Å². The van der Waals surface area contributed by atoms with Gasteiger partial charge in [0.25, 0.3) is 5.69 Å². The van der Waals surface area contributed by atoms with Gasteiger partial charge in [0.05, 0.1) is 21.2 Å². The second-order valence-corrected chi connectivity index (χ2v) is 8.47. The summed E-state index contributed by atoms with van der Waals surface area (Å²) in [6, 6.07) is 22.9. The third-order valence-electron chi connectivity index (χ3n) is 5.26. The first kappa shape index (κ1) is 21.4. The summed E-state index contributed by atoms with van der Waals surface area (Å²) < 4.78 is 0. The van der Waals surface area contributed by atoms with Crippen molar-refractivity contribution in [1.29, 1.82) is 0 Å². The Kier molecular flexibility index (Phi) is 6.09. The molecule has 0 amide bonds. The molecule has 0 aliphatic carbocycles. The van der Waals surface area contributed by atoms with E-state index in [4.69, 9.17) is 4.98 Å². The van der Waals surface area contributed by atoms with Crippen LogP contribution in [0.25, 0.3) is 21.7 Å². The van der Waals surface area contributed by atoms with Gasteiger partial charge in [0.15, 0.2) is 0 Å². The number of rotatable bonds is 6. The number of hydrazone groups is 1. The summed E-state index contributed by atoms with van der Waals surface area (Å²) in [5, 5.41) is 16.0. The third-order valence-corrected chi connectivity index (χ3v) is 6.27. The SMILES string of the molecule is C/C(=N/Nc1nc(-c2ccc(C)c(C)c2)c(-c2ccccc2)s1)c1ccc([N+](=O)[O-])cc1. The number of nitro benzene ring substituents is 1. The topological polar surface area (TPSA) is 80.4 Å². The number of anilines is 1. The first-order valence-electron chi connectivity index (χ1n) is 10.1. The highest BCUT2D eigenvalue weighted by molar-refractivity contribution is 7.19. The van der Waals surface area contributed by atoms with E-state index >= 15 is 0 Å². The normalized spacial score (nSPS) is 11.4. The van der Waals surface area contributed by atoms with Gasteiger partial charge in [-0.3, -0.25) is 15.5 Å².